The smallest absolute Gasteiger partial charge is 0.308 e. The first-order valence-corrected chi connectivity index (χ1v) is 10.5. The predicted octanol–water partition coefficient (Wildman–Crippen LogP) is 1.92. The number of ether oxygens (including phenoxy) is 1. The molecule has 136 valence electrons. The molecule has 1 aliphatic rings. The summed E-state index contributed by atoms with van der Waals surface area (Å²) >= 11 is 1.50. The normalized spacial score (nSPS) is 17.1. The molecule has 6 nitrogen and oxygen atoms in total. The van der Waals surface area contributed by atoms with Gasteiger partial charge in [0.15, 0.2) is 0 Å². The topological polar surface area (TPSA) is 75.7 Å². The van der Waals surface area contributed by atoms with Crippen molar-refractivity contribution in [1.29, 1.82) is 0 Å². The van der Waals surface area contributed by atoms with E-state index in [9.17, 15) is 13.2 Å². The van der Waals surface area contributed by atoms with Crippen LogP contribution in [0.5, 0.6) is 0 Å². The van der Waals surface area contributed by atoms with Crippen molar-refractivity contribution in [3.8, 4) is 0 Å². The van der Waals surface area contributed by atoms with Crippen LogP contribution in [0.4, 0.5) is 0 Å². The van der Waals surface area contributed by atoms with Crippen molar-refractivity contribution in [2.75, 3.05) is 33.3 Å². The second-order valence-electron chi connectivity index (χ2n) is 6.17. The Hall–Kier alpha value is -0.960. The fraction of sp³-hybridized carbons (Fsp3) is 0.688. The zero-order valence-electron chi connectivity index (χ0n) is 14.5. The minimum atomic E-state index is -3.42. The first kappa shape index (κ1) is 19.4. The van der Waals surface area contributed by atoms with Crippen LogP contribution in [-0.2, 0) is 19.6 Å². The van der Waals surface area contributed by atoms with Gasteiger partial charge >= 0.3 is 5.97 Å². The molecule has 0 amide bonds. The molecule has 0 aliphatic carbocycles. The number of hydrogen-bond acceptors (Lipinski definition) is 6. The summed E-state index contributed by atoms with van der Waals surface area (Å²) in [5.74, 6) is -0.113. The largest absolute Gasteiger partial charge is 0.469 e. The Bertz CT molecular complexity index is 662. The Labute approximate surface area is 148 Å². The molecule has 1 aromatic rings. The molecule has 0 atom stereocenters. The van der Waals surface area contributed by atoms with Gasteiger partial charge in [0.25, 0.3) is 0 Å². The highest BCUT2D eigenvalue weighted by atomic mass is 32.2. The minimum Gasteiger partial charge on any atom is -0.469 e. The van der Waals surface area contributed by atoms with Gasteiger partial charge in [-0.3, -0.25) is 4.79 Å². The highest BCUT2D eigenvalue weighted by molar-refractivity contribution is 7.89. The third-order valence-electron chi connectivity index (χ3n) is 4.35. The van der Waals surface area contributed by atoms with Crippen molar-refractivity contribution < 1.29 is 17.9 Å². The number of hydrogen-bond donors (Lipinski definition) is 1. The fourth-order valence-corrected chi connectivity index (χ4v) is 5.65. The zero-order valence-corrected chi connectivity index (χ0v) is 16.1. The van der Waals surface area contributed by atoms with Gasteiger partial charge in [-0.2, -0.15) is 0 Å². The monoisotopic (exact) mass is 374 g/mol. The minimum absolute atomic E-state index is 0.00885. The number of piperidine rings is 1. The quantitative estimate of drug-likeness (QED) is 0.583. The first-order valence-electron chi connectivity index (χ1n) is 8.20. The molecule has 0 aromatic carbocycles. The van der Waals surface area contributed by atoms with Crippen molar-refractivity contribution in [3.05, 3.63) is 15.8 Å². The maximum absolute atomic E-state index is 12.3. The van der Waals surface area contributed by atoms with Gasteiger partial charge in [0.2, 0.25) is 10.0 Å². The van der Waals surface area contributed by atoms with Gasteiger partial charge in [-0.25, -0.2) is 13.1 Å². The second kappa shape index (κ2) is 8.42. The molecule has 1 aliphatic heterocycles. The van der Waals surface area contributed by atoms with Crippen molar-refractivity contribution in [2.45, 2.75) is 38.0 Å². The van der Waals surface area contributed by atoms with Crippen molar-refractivity contribution >= 4 is 27.3 Å². The van der Waals surface area contributed by atoms with E-state index in [1.807, 2.05) is 13.8 Å². The number of likely N-dealkylation sites (tertiary alicyclic amines) is 1. The molecule has 24 heavy (non-hydrogen) atoms. The van der Waals surface area contributed by atoms with E-state index in [1.54, 1.807) is 6.07 Å². The number of thiophene rings is 1. The second-order valence-corrected chi connectivity index (χ2v) is 9.36. The van der Waals surface area contributed by atoms with Crippen LogP contribution in [0.2, 0.25) is 0 Å². The van der Waals surface area contributed by atoms with Gasteiger partial charge in [-0.15, -0.1) is 11.3 Å². The number of nitrogens with one attached hydrogen (secondary N) is 1. The van der Waals surface area contributed by atoms with Gasteiger partial charge < -0.3 is 9.64 Å². The number of methoxy groups -OCH3 is 1. The van der Waals surface area contributed by atoms with Crippen LogP contribution in [0.1, 0.15) is 29.0 Å². The van der Waals surface area contributed by atoms with Crippen molar-refractivity contribution in [2.24, 2.45) is 5.92 Å². The van der Waals surface area contributed by atoms with E-state index in [2.05, 4.69) is 9.62 Å². The SMILES string of the molecule is COC(=O)C1CCN(CCCNS(=O)(=O)c2cc(C)sc2C)CC1. The molecule has 1 N–H and O–H groups in total. The van der Waals surface area contributed by atoms with Crippen molar-refractivity contribution in [1.82, 2.24) is 9.62 Å². The molecule has 1 aromatic heterocycles. The van der Waals surface area contributed by atoms with Crippen LogP contribution in [0.25, 0.3) is 0 Å². The predicted molar refractivity (Wildman–Crippen MR) is 94.8 cm³/mol. The van der Waals surface area contributed by atoms with E-state index < -0.39 is 10.0 Å². The van der Waals surface area contributed by atoms with E-state index in [1.165, 1.54) is 18.4 Å². The Morgan fingerprint density at radius 1 is 1.38 bits per heavy atom. The van der Waals surface area contributed by atoms with Crippen LogP contribution < -0.4 is 4.72 Å². The summed E-state index contributed by atoms with van der Waals surface area (Å²) in [6, 6.07) is 1.72. The molecule has 2 heterocycles. The summed E-state index contributed by atoms with van der Waals surface area (Å²) in [6.45, 7) is 6.71. The lowest BCUT2D eigenvalue weighted by Crippen LogP contribution is -2.38. The van der Waals surface area contributed by atoms with Gasteiger partial charge in [0.05, 0.1) is 17.9 Å². The molecule has 8 heteroatoms. The third-order valence-corrected chi connectivity index (χ3v) is 7.03. The summed E-state index contributed by atoms with van der Waals surface area (Å²) in [5, 5.41) is 0. The molecule has 0 spiro atoms. The number of aryl methyl sites for hydroxylation is 2. The Balaban J connectivity index is 1.72. The van der Waals surface area contributed by atoms with Crippen LogP contribution >= 0.6 is 11.3 Å². The number of sulfonamides is 1. The average molecular weight is 375 g/mol. The average Bonchev–Trinajstić information content (AvgIpc) is 2.91. The lowest BCUT2D eigenvalue weighted by atomic mass is 9.97. The lowest BCUT2D eigenvalue weighted by Gasteiger charge is -2.30. The number of nitrogens with zero attached hydrogens (tertiary/aromatic N) is 1. The third kappa shape index (κ3) is 5.02. The molecule has 1 fully saturated rings. The lowest BCUT2D eigenvalue weighted by molar-refractivity contribution is -0.147. The molecule has 0 bridgehead atoms. The van der Waals surface area contributed by atoms with Crippen LogP contribution in [-0.4, -0.2) is 52.6 Å². The molecule has 0 unspecified atom stereocenters. The zero-order chi connectivity index (χ0) is 17.7. The molecular formula is C16H26N2O4S2. The Morgan fingerprint density at radius 3 is 2.58 bits per heavy atom. The van der Waals surface area contributed by atoms with Crippen molar-refractivity contribution in [3.63, 3.8) is 0 Å². The molecule has 0 saturated carbocycles. The number of carbonyl (C=O) groups is 1. The van der Waals surface area contributed by atoms with Gasteiger partial charge in [0, 0.05) is 16.3 Å². The van der Waals surface area contributed by atoms with E-state index in [4.69, 9.17) is 4.74 Å². The van der Waals surface area contributed by atoms with Crippen LogP contribution in [0, 0.1) is 19.8 Å². The van der Waals surface area contributed by atoms with Crippen LogP contribution in [0.3, 0.4) is 0 Å². The summed E-state index contributed by atoms with van der Waals surface area (Å²) in [6.07, 6.45) is 2.38. The van der Waals surface area contributed by atoms with E-state index >= 15 is 0 Å². The van der Waals surface area contributed by atoms with E-state index in [0.29, 0.717) is 11.4 Å². The Morgan fingerprint density at radius 2 is 2.04 bits per heavy atom. The van der Waals surface area contributed by atoms with Gasteiger partial charge in [0.1, 0.15) is 0 Å². The number of esters is 1. The highest BCUT2D eigenvalue weighted by Crippen LogP contribution is 2.24. The van der Waals surface area contributed by atoms with Crippen LogP contribution in [0.15, 0.2) is 11.0 Å². The maximum atomic E-state index is 12.3. The Kier molecular flexibility index (Phi) is 6.79. The summed E-state index contributed by atoms with van der Waals surface area (Å²) in [5.41, 5.74) is 0. The highest BCUT2D eigenvalue weighted by Gasteiger charge is 2.25. The van der Waals surface area contributed by atoms with Gasteiger partial charge in [-0.05, 0) is 58.8 Å². The number of carbonyl (C=O) groups excluding carboxylic acids is 1. The molecule has 0 radical (unpaired) electrons. The standard InChI is InChI=1S/C16H26N2O4S2/c1-12-11-15(13(2)23-12)24(20,21)17-7-4-8-18-9-5-14(6-10-18)16(19)22-3/h11,14,17H,4-10H2,1-3H3. The number of rotatable bonds is 7. The first-order chi connectivity index (χ1) is 11.3. The van der Waals surface area contributed by atoms with Gasteiger partial charge in [-0.1, -0.05) is 0 Å². The summed E-state index contributed by atoms with van der Waals surface area (Å²) < 4.78 is 32.1. The van der Waals surface area contributed by atoms with E-state index in [0.717, 1.165) is 48.7 Å². The molecule has 1 saturated heterocycles. The summed E-state index contributed by atoms with van der Waals surface area (Å²) in [7, 11) is -1.99. The van der Waals surface area contributed by atoms with E-state index in [-0.39, 0.29) is 11.9 Å². The molecular weight excluding hydrogens is 348 g/mol. The summed E-state index contributed by atoms with van der Waals surface area (Å²) in [4.78, 5) is 16.0. The molecule has 2 rings (SSSR count). The fourth-order valence-electron chi connectivity index (χ4n) is 3.02. The maximum Gasteiger partial charge on any atom is 0.308 e.